The van der Waals surface area contributed by atoms with Crippen molar-refractivity contribution in [2.75, 3.05) is 14.2 Å². The number of hydrogen-bond acceptors (Lipinski definition) is 2. The third-order valence-corrected chi connectivity index (χ3v) is 1.77. The van der Waals surface area contributed by atoms with Crippen LogP contribution in [0, 0.1) is 0 Å². The normalized spacial score (nSPS) is 16.0. The van der Waals surface area contributed by atoms with Crippen LogP contribution >= 0.6 is 0 Å². The molecule has 0 atom stereocenters. The zero-order valence-corrected chi connectivity index (χ0v) is 8.76. The monoisotopic (exact) mass is 291 g/mol. The van der Waals surface area contributed by atoms with Crippen molar-refractivity contribution in [1.29, 1.82) is 0 Å². The standard InChI is InChI=1S/C7H6F9NO/c1-17(7(14,15)16)5(10,11)3(8)4(9)6(12,13)18-2/h1-2H3/b4-3+. The van der Waals surface area contributed by atoms with Crippen LogP contribution in [0.2, 0.25) is 0 Å². The van der Waals surface area contributed by atoms with E-state index in [9.17, 15) is 39.5 Å². The SMILES string of the molecule is COC(F)(F)/C(F)=C(\F)C(F)(F)N(C)C(F)(F)F. The molecule has 0 saturated carbocycles. The molecule has 0 fully saturated rings. The summed E-state index contributed by atoms with van der Waals surface area (Å²) in [4.78, 5) is -1.86. The molecule has 0 spiro atoms. The number of nitrogens with zero attached hydrogens (tertiary/aromatic N) is 1. The predicted molar refractivity (Wildman–Crippen MR) is 40.0 cm³/mol. The summed E-state index contributed by atoms with van der Waals surface area (Å²) in [6, 6.07) is -5.63. The van der Waals surface area contributed by atoms with Crippen molar-refractivity contribution in [2.24, 2.45) is 0 Å². The molecule has 0 unspecified atom stereocenters. The van der Waals surface area contributed by atoms with Crippen LogP contribution in [0.25, 0.3) is 0 Å². The summed E-state index contributed by atoms with van der Waals surface area (Å²) in [7, 11) is -0.184. The molecule has 0 aromatic rings. The molecule has 0 N–H and O–H groups in total. The maximum absolute atomic E-state index is 12.8. The Kier molecular flexibility index (Phi) is 4.69. The van der Waals surface area contributed by atoms with Gasteiger partial charge >= 0.3 is 18.5 Å². The van der Waals surface area contributed by atoms with Gasteiger partial charge in [0.05, 0.1) is 0 Å². The number of hydrogen-bond donors (Lipinski definition) is 0. The second kappa shape index (κ2) is 4.96. The van der Waals surface area contributed by atoms with Gasteiger partial charge in [0.1, 0.15) is 0 Å². The summed E-state index contributed by atoms with van der Waals surface area (Å²) >= 11 is 0. The van der Waals surface area contributed by atoms with E-state index < -0.39 is 35.0 Å². The lowest BCUT2D eigenvalue weighted by atomic mass is 10.3. The van der Waals surface area contributed by atoms with Crippen molar-refractivity contribution < 1.29 is 44.3 Å². The van der Waals surface area contributed by atoms with E-state index in [4.69, 9.17) is 0 Å². The van der Waals surface area contributed by atoms with Crippen LogP contribution in [0.3, 0.4) is 0 Å². The first-order valence-corrected chi connectivity index (χ1v) is 3.96. The fraction of sp³-hybridized carbons (Fsp3) is 0.714. The lowest BCUT2D eigenvalue weighted by molar-refractivity contribution is -0.316. The number of rotatable bonds is 4. The summed E-state index contributed by atoms with van der Waals surface area (Å²) in [5.74, 6) is -7.03. The Bertz CT molecular complexity index is 334. The predicted octanol–water partition coefficient (Wildman–Crippen LogP) is 3.42. The minimum Gasteiger partial charge on any atom is -0.318 e. The lowest BCUT2D eigenvalue weighted by Gasteiger charge is -2.28. The molecule has 0 heterocycles. The quantitative estimate of drug-likeness (QED) is 0.581. The molecule has 0 aromatic heterocycles. The fourth-order valence-corrected chi connectivity index (χ4v) is 0.656. The molecule has 0 radical (unpaired) electrons. The summed E-state index contributed by atoms with van der Waals surface area (Å²) < 4.78 is 114. The van der Waals surface area contributed by atoms with E-state index in [1.165, 1.54) is 0 Å². The Morgan fingerprint density at radius 2 is 1.28 bits per heavy atom. The highest BCUT2D eigenvalue weighted by Gasteiger charge is 2.57. The van der Waals surface area contributed by atoms with Gasteiger partial charge in [-0.25, -0.2) is 4.39 Å². The Balaban J connectivity index is 5.56. The molecule has 108 valence electrons. The van der Waals surface area contributed by atoms with E-state index in [2.05, 4.69) is 4.74 Å². The van der Waals surface area contributed by atoms with Crippen LogP contribution in [0.5, 0.6) is 0 Å². The van der Waals surface area contributed by atoms with Gasteiger partial charge in [-0.1, -0.05) is 0 Å². The molecular weight excluding hydrogens is 285 g/mol. The van der Waals surface area contributed by atoms with Gasteiger partial charge in [-0.3, -0.25) is 0 Å². The highest BCUT2D eigenvalue weighted by atomic mass is 19.4. The van der Waals surface area contributed by atoms with Crippen molar-refractivity contribution in [2.45, 2.75) is 18.5 Å². The van der Waals surface area contributed by atoms with Gasteiger partial charge in [0.2, 0.25) is 11.7 Å². The average Bonchev–Trinajstić information content (AvgIpc) is 2.24. The van der Waals surface area contributed by atoms with Crippen LogP contribution in [0.4, 0.5) is 39.5 Å². The maximum atomic E-state index is 12.8. The molecule has 18 heavy (non-hydrogen) atoms. The van der Waals surface area contributed by atoms with E-state index in [-0.39, 0.29) is 14.2 Å². The first-order chi connectivity index (χ1) is 7.78. The second-order valence-corrected chi connectivity index (χ2v) is 2.92. The van der Waals surface area contributed by atoms with Crippen molar-refractivity contribution in [1.82, 2.24) is 4.90 Å². The molecule has 11 heteroatoms. The zero-order valence-electron chi connectivity index (χ0n) is 8.76. The Labute approximate surface area is 94.6 Å². The van der Waals surface area contributed by atoms with E-state index in [0.29, 0.717) is 0 Å². The maximum Gasteiger partial charge on any atom is 0.464 e. The molecule has 0 bridgehead atoms. The van der Waals surface area contributed by atoms with Gasteiger partial charge in [-0.2, -0.15) is 35.1 Å². The average molecular weight is 291 g/mol. The van der Waals surface area contributed by atoms with Gasteiger partial charge in [0.25, 0.3) is 0 Å². The fourth-order valence-electron chi connectivity index (χ4n) is 0.656. The number of ether oxygens (including phenoxy) is 1. The highest BCUT2D eigenvalue weighted by Crippen LogP contribution is 2.41. The summed E-state index contributed by atoms with van der Waals surface area (Å²) in [5.41, 5.74) is 0. The zero-order chi connectivity index (χ0) is 14.9. The Morgan fingerprint density at radius 3 is 1.56 bits per heavy atom. The van der Waals surface area contributed by atoms with Crippen LogP contribution in [-0.2, 0) is 4.74 Å². The van der Waals surface area contributed by atoms with Crippen molar-refractivity contribution in [3.05, 3.63) is 11.7 Å². The lowest BCUT2D eigenvalue weighted by Crippen LogP contribution is -2.48. The molecule has 0 aliphatic rings. The van der Waals surface area contributed by atoms with Crippen LogP contribution in [0.15, 0.2) is 11.7 Å². The number of alkyl halides is 7. The van der Waals surface area contributed by atoms with E-state index >= 15 is 0 Å². The van der Waals surface area contributed by atoms with E-state index in [1.54, 1.807) is 0 Å². The second-order valence-electron chi connectivity index (χ2n) is 2.92. The van der Waals surface area contributed by atoms with E-state index in [1.807, 2.05) is 0 Å². The van der Waals surface area contributed by atoms with Crippen molar-refractivity contribution >= 4 is 0 Å². The van der Waals surface area contributed by atoms with Crippen molar-refractivity contribution in [3.8, 4) is 0 Å². The number of halogens is 9. The topological polar surface area (TPSA) is 12.5 Å². The van der Waals surface area contributed by atoms with Crippen LogP contribution in [-0.4, -0.2) is 37.5 Å². The van der Waals surface area contributed by atoms with Crippen LogP contribution < -0.4 is 0 Å². The molecule has 0 rings (SSSR count). The Hall–Kier alpha value is -0.970. The molecular formula is C7H6F9NO. The van der Waals surface area contributed by atoms with Gasteiger partial charge in [0, 0.05) is 14.2 Å². The molecule has 0 saturated heterocycles. The molecule has 0 amide bonds. The van der Waals surface area contributed by atoms with E-state index in [0.717, 1.165) is 0 Å². The van der Waals surface area contributed by atoms with Gasteiger partial charge in [0.15, 0.2) is 0 Å². The third kappa shape index (κ3) is 3.28. The largest absolute Gasteiger partial charge is 0.464 e. The first kappa shape index (κ1) is 17.0. The minimum absolute atomic E-state index is 0.151. The van der Waals surface area contributed by atoms with Gasteiger partial charge < -0.3 is 4.74 Å². The molecule has 0 aromatic carbocycles. The smallest absolute Gasteiger partial charge is 0.318 e. The molecule has 0 aliphatic carbocycles. The summed E-state index contributed by atoms with van der Waals surface area (Å²) in [6.07, 6.45) is -10.9. The Morgan fingerprint density at radius 1 is 0.889 bits per heavy atom. The molecule has 2 nitrogen and oxygen atoms in total. The first-order valence-electron chi connectivity index (χ1n) is 3.96. The molecule has 0 aliphatic heterocycles. The number of methoxy groups -OCH3 is 1. The highest BCUT2D eigenvalue weighted by molar-refractivity contribution is 5.13. The summed E-state index contributed by atoms with van der Waals surface area (Å²) in [6.45, 7) is 0. The number of likely N-dealkylation sites (N-methyl/N-ethyl adjacent to an activating group) is 1. The van der Waals surface area contributed by atoms with Gasteiger partial charge in [-0.15, -0.1) is 4.90 Å². The van der Waals surface area contributed by atoms with Crippen molar-refractivity contribution in [3.63, 3.8) is 0 Å². The third-order valence-electron chi connectivity index (χ3n) is 1.77. The minimum atomic E-state index is -5.76. The van der Waals surface area contributed by atoms with Crippen LogP contribution in [0.1, 0.15) is 0 Å². The van der Waals surface area contributed by atoms with Gasteiger partial charge in [-0.05, 0) is 0 Å². The summed E-state index contributed by atoms with van der Waals surface area (Å²) in [5, 5.41) is 0.